The molecule has 0 fully saturated rings. The Hall–Kier alpha value is -4.17. The zero-order chi connectivity index (χ0) is 25.8. The highest BCUT2D eigenvalue weighted by Gasteiger charge is 2.29. The number of carbonyl (C=O) groups is 1. The number of hydrogen-bond donors (Lipinski definition) is 1. The van der Waals surface area contributed by atoms with E-state index in [-0.39, 0.29) is 10.6 Å². The summed E-state index contributed by atoms with van der Waals surface area (Å²) in [6.07, 6.45) is 3.65. The molecule has 0 radical (unpaired) electrons. The van der Waals surface area contributed by atoms with Crippen LogP contribution in [0.5, 0.6) is 5.75 Å². The summed E-state index contributed by atoms with van der Waals surface area (Å²) in [6.45, 7) is 1.69. The second-order valence-corrected chi connectivity index (χ2v) is 10.5. The Morgan fingerprint density at radius 1 is 0.946 bits per heavy atom. The molecule has 1 N–H and O–H groups in total. The van der Waals surface area contributed by atoms with Crippen LogP contribution >= 0.6 is 0 Å². The molecule has 5 rings (SSSR count). The van der Waals surface area contributed by atoms with Gasteiger partial charge in [-0.15, -0.1) is 0 Å². The van der Waals surface area contributed by atoms with Crippen molar-refractivity contribution < 1.29 is 17.9 Å². The summed E-state index contributed by atoms with van der Waals surface area (Å²) >= 11 is 0. The molecule has 1 aliphatic carbocycles. The number of para-hydroxylation sites is 2. The summed E-state index contributed by atoms with van der Waals surface area (Å²) in [7, 11) is -4.06. The molecular weight excluding hydrogens is 486 g/mol. The van der Waals surface area contributed by atoms with Gasteiger partial charge >= 0.3 is 0 Å². The second kappa shape index (κ2) is 10.4. The van der Waals surface area contributed by atoms with Gasteiger partial charge in [-0.3, -0.25) is 9.10 Å². The lowest BCUT2D eigenvalue weighted by Crippen LogP contribution is -2.39. The number of ether oxygens (including phenoxy) is 1. The zero-order valence-electron chi connectivity index (χ0n) is 20.4. The van der Waals surface area contributed by atoms with E-state index < -0.39 is 22.5 Å². The average Bonchev–Trinajstić information content (AvgIpc) is 3.34. The van der Waals surface area contributed by atoms with Crippen molar-refractivity contribution in [1.29, 1.82) is 0 Å². The fraction of sp³-hybridized carbons (Fsp3) is 0.172. The normalized spacial score (nSPS) is 12.7. The van der Waals surface area contributed by atoms with Crippen molar-refractivity contribution in [3.8, 4) is 5.75 Å². The number of nitrogens with zero attached hydrogens (tertiary/aromatic N) is 2. The molecule has 0 atom stereocenters. The number of hydrazone groups is 1. The van der Waals surface area contributed by atoms with Crippen LogP contribution in [0.15, 0.2) is 94.9 Å². The zero-order valence-corrected chi connectivity index (χ0v) is 21.2. The van der Waals surface area contributed by atoms with Gasteiger partial charge in [-0.2, -0.15) is 5.10 Å². The van der Waals surface area contributed by atoms with E-state index in [4.69, 9.17) is 4.74 Å². The minimum atomic E-state index is -4.06. The molecule has 0 aliphatic heterocycles. The van der Waals surface area contributed by atoms with Gasteiger partial charge in [0.15, 0.2) is 0 Å². The number of amides is 1. The van der Waals surface area contributed by atoms with Gasteiger partial charge in [-0.1, -0.05) is 60.7 Å². The molecular formula is C29H27N3O4S. The molecule has 4 aromatic carbocycles. The number of rotatable bonds is 9. The first-order valence-corrected chi connectivity index (χ1v) is 13.6. The van der Waals surface area contributed by atoms with Crippen molar-refractivity contribution in [2.45, 2.75) is 24.7 Å². The van der Waals surface area contributed by atoms with Crippen LogP contribution in [0.1, 0.15) is 23.6 Å². The van der Waals surface area contributed by atoms with E-state index in [0.29, 0.717) is 12.4 Å². The summed E-state index contributed by atoms with van der Waals surface area (Å²) in [6, 6.07) is 25.1. The van der Waals surface area contributed by atoms with E-state index in [1.165, 1.54) is 28.6 Å². The van der Waals surface area contributed by atoms with E-state index >= 15 is 0 Å². The summed E-state index contributed by atoms with van der Waals surface area (Å²) in [4.78, 5) is 13.0. The van der Waals surface area contributed by atoms with Gasteiger partial charge in [0.05, 0.1) is 23.4 Å². The third kappa shape index (κ3) is 4.93. The van der Waals surface area contributed by atoms with Gasteiger partial charge in [0.1, 0.15) is 12.3 Å². The maximum atomic E-state index is 13.6. The first-order chi connectivity index (χ1) is 18.0. The predicted octanol–water partition coefficient (Wildman–Crippen LogP) is 4.68. The number of benzene rings is 4. The Bertz CT molecular complexity index is 1570. The van der Waals surface area contributed by atoms with Gasteiger partial charge in [0.2, 0.25) is 0 Å². The molecule has 37 heavy (non-hydrogen) atoms. The number of nitrogens with one attached hydrogen (secondary N) is 1. The Morgan fingerprint density at radius 2 is 1.68 bits per heavy atom. The van der Waals surface area contributed by atoms with E-state index in [1.54, 1.807) is 48.7 Å². The monoisotopic (exact) mass is 513 g/mol. The summed E-state index contributed by atoms with van der Waals surface area (Å²) in [5.74, 6) is -0.207. The van der Waals surface area contributed by atoms with E-state index in [9.17, 15) is 13.2 Å². The van der Waals surface area contributed by atoms with Crippen LogP contribution in [0.25, 0.3) is 10.8 Å². The van der Waals surface area contributed by atoms with Crippen LogP contribution in [-0.2, 0) is 27.7 Å². The van der Waals surface area contributed by atoms with Crippen molar-refractivity contribution in [2.24, 2.45) is 5.10 Å². The fourth-order valence-corrected chi connectivity index (χ4v) is 6.13. The van der Waals surface area contributed by atoms with Crippen molar-refractivity contribution in [1.82, 2.24) is 5.43 Å². The summed E-state index contributed by atoms with van der Waals surface area (Å²) in [5, 5.41) is 6.50. The van der Waals surface area contributed by atoms with E-state index in [2.05, 4.69) is 28.7 Å². The van der Waals surface area contributed by atoms with Crippen molar-refractivity contribution >= 4 is 38.6 Å². The van der Waals surface area contributed by atoms with Crippen LogP contribution in [0, 0.1) is 0 Å². The first-order valence-electron chi connectivity index (χ1n) is 12.1. The number of carbonyl (C=O) groups excluding carboxylic acids is 1. The Kier molecular flexibility index (Phi) is 6.92. The molecule has 1 aliphatic rings. The van der Waals surface area contributed by atoms with Gasteiger partial charge in [-0.05, 0) is 65.9 Å². The molecule has 0 spiro atoms. The average molecular weight is 514 g/mol. The van der Waals surface area contributed by atoms with Crippen LogP contribution in [0.4, 0.5) is 5.69 Å². The predicted molar refractivity (Wildman–Crippen MR) is 146 cm³/mol. The topological polar surface area (TPSA) is 88.1 Å². The third-order valence-corrected chi connectivity index (χ3v) is 8.13. The highest BCUT2D eigenvalue weighted by molar-refractivity contribution is 7.92. The van der Waals surface area contributed by atoms with Gasteiger partial charge in [0.25, 0.3) is 15.9 Å². The number of aryl methyl sites for hydroxylation is 2. The van der Waals surface area contributed by atoms with Gasteiger partial charge in [0, 0.05) is 5.56 Å². The molecule has 0 aromatic heterocycles. The quantitative estimate of drug-likeness (QED) is 0.260. The molecule has 0 heterocycles. The third-order valence-electron chi connectivity index (χ3n) is 6.36. The van der Waals surface area contributed by atoms with Crippen LogP contribution in [-0.4, -0.2) is 33.7 Å². The molecule has 188 valence electrons. The largest absolute Gasteiger partial charge is 0.492 e. The van der Waals surface area contributed by atoms with Crippen LogP contribution in [0.2, 0.25) is 0 Å². The molecule has 4 aromatic rings. The lowest BCUT2D eigenvalue weighted by atomic mass is 10.0. The van der Waals surface area contributed by atoms with Crippen molar-refractivity contribution in [3.63, 3.8) is 0 Å². The first kappa shape index (κ1) is 24.5. The van der Waals surface area contributed by atoms with Crippen LogP contribution in [0.3, 0.4) is 0 Å². The molecule has 8 heteroatoms. The molecule has 0 saturated heterocycles. The summed E-state index contributed by atoms with van der Waals surface area (Å²) < 4.78 is 33.9. The SMILES string of the molecule is CCOc1ccccc1N(CC(=O)NN=Cc1ccc2c3c(cccc13)CC2)S(=O)(=O)c1ccccc1. The minimum absolute atomic E-state index is 0.0745. The smallest absolute Gasteiger partial charge is 0.264 e. The fourth-order valence-electron chi connectivity index (χ4n) is 4.68. The molecule has 0 unspecified atom stereocenters. The van der Waals surface area contributed by atoms with Crippen molar-refractivity contribution in [3.05, 3.63) is 102 Å². The van der Waals surface area contributed by atoms with Crippen molar-refractivity contribution in [2.75, 3.05) is 17.5 Å². The Balaban J connectivity index is 1.41. The van der Waals surface area contributed by atoms with Gasteiger partial charge in [-0.25, -0.2) is 13.8 Å². The lowest BCUT2D eigenvalue weighted by Gasteiger charge is -2.25. The van der Waals surface area contributed by atoms with Gasteiger partial charge < -0.3 is 4.74 Å². The maximum absolute atomic E-state index is 13.6. The van der Waals surface area contributed by atoms with E-state index in [1.807, 2.05) is 19.1 Å². The maximum Gasteiger partial charge on any atom is 0.264 e. The second-order valence-electron chi connectivity index (χ2n) is 8.67. The highest BCUT2D eigenvalue weighted by atomic mass is 32.2. The number of anilines is 1. The molecule has 7 nitrogen and oxygen atoms in total. The number of sulfonamides is 1. The summed E-state index contributed by atoms with van der Waals surface area (Å²) in [5.41, 5.74) is 6.31. The molecule has 0 saturated carbocycles. The van der Waals surface area contributed by atoms with E-state index in [0.717, 1.165) is 28.1 Å². The highest BCUT2D eigenvalue weighted by Crippen LogP contribution is 2.33. The molecule has 1 amide bonds. The number of hydrogen-bond acceptors (Lipinski definition) is 5. The molecule has 0 bridgehead atoms. The van der Waals surface area contributed by atoms with Crippen LogP contribution < -0.4 is 14.5 Å². The standard InChI is InChI=1S/C29H27N3O4S/c1-2-36-27-14-7-6-13-26(27)32(37(34,35)24-10-4-3-5-11-24)20-28(33)31-30-19-23-18-17-22-16-15-21-9-8-12-25(23)29(21)22/h3-14,17-19H,2,15-16,20H2,1H3,(H,31,33). The Labute approximate surface area is 216 Å². The minimum Gasteiger partial charge on any atom is -0.492 e. The lowest BCUT2D eigenvalue weighted by molar-refractivity contribution is -0.119. The Morgan fingerprint density at radius 3 is 2.46 bits per heavy atom.